The zero-order chi connectivity index (χ0) is 14.2. The molecule has 0 bridgehead atoms. The summed E-state index contributed by atoms with van der Waals surface area (Å²) in [4.78, 5) is 11.1. The van der Waals surface area contributed by atoms with Gasteiger partial charge in [-0.2, -0.15) is 13.1 Å². The molecule has 9 heteroatoms. The van der Waals surface area contributed by atoms with Crippen LogP contribution in [0.2, 0.25) is 0 Å². The van der Waals surface area contributed by atoms with Gasteiger partial charge in [0.15, 0.2) is 0 Å². The van der Waals surface area contributed by atoms with Crippen LogP contribution < -0.4 is 15.2 Å². The zero-order valence-electron chi connectivity index (χ0n) is 10.8. The molecule has 8 nitrogen and oxygen atoms in total. The Kier molecular flexibility index (Phi) is 7.83. The molecule has 18 heavy (non-hydrogen) atoms. The maximum atomic E-state index is 11.5. The quantitative estimate of drug-likeness (QED) is 0.543. The summed E-state index contributed by atoms with van der Waals surface area (Å²) in [6, 6.07) is -0.505. The lowest BCUT2D eigenvalue weighted by Crippen LogP contribution is -2.48. The van der Waals surface area contributed by atoms with Crippen LogP contribution in [-0.4, -0.2) is 46.9 Å². The van der Waals surface area contributed by atoms with E-state index in [0.717, 1.165) is 0 Å². The number of nitrogens with two attached hydrogens (primary N) is 1. The molecule has 0 aromatic rings. The third-order valence-electron chi connectivity index (χ3n) is 1.84. The molecule has 4 N–H and O–H groups in total. The van der Waals surface area contributed by atoms with E-state index in [-0.39, 0.29) is 6.54 Å². The zero-order valence-corrected chi connectivity index (χ0v) is 11.6. The molecule has 1 amide bonds. The predicted molar refractivity (Wildman–Crippen MR) is 66.1 cm³/mol. The third kappa shape index (κ3) is 8.23. The normalized spacial score (nSPS) is 13.4. The van der Waals surface area contributed by atoms with E-state index in [0.29, 0.717) is 13.0 Å². The average molecular weight is 283 g/mol. The molecule has 108 valence electrons. The van der Waals surface area contributed by atoms with Crippen LogP contribution >= 0.6 is 0 Å². The van der Waals surface area contributed by atoms with Crippen LogP contribution in [0.15, 0.2) is 0 Å². The summed E-state index contributed by atoms with van der Waals surface area (Å²) in [7, 11) is -2.48. The number of carbonyl (C=O) groups excluding carboxylic acids is 1. The van der Waals surface area contributed by atoms with Crippen molar-refractivity contribution in [3.8, 4) is 0 Å². The van der Waals surface area contributed by atoms with Crippen LogP contribution in [0.4, 0.5) is 4.79 Å². The van der Waals surface area contributed by atoms with Gasteiger partial charge in [0.2, 0.25) is 0 Å². The minimum absolute atomic E-state index is 0.101. The molecule has 0 radical (unpaired) electrons. The summed E-state index contributed by atoms with van der Waals surface area (Å²) >= 11 is 0. The summed E-state index contributed by atoms with van der Waals surface area (Å²) in [5.41, 5.74) is 5.41. The number of amides is 1. The molecule has 0 aromatic heterocycles. The molecule has 1 unspecified atom stereocenters. The van der Waals surface area contributed by atoms with Gasteiger partial charge in [0.05, 0.1) is 6.10 Å². The number of ether oxygens (including phenoxy) is 2. The second-order valence-electron chi connectivity index (χ2n) is 3.89. The lowest BCUT2D eigenvalue weighted by Gasteiger charge is -2.17. The molecular formula is C9H21N3O5S. The second-order valence-corrected chi connectivity index (χ2v) is 5.34. The molecule has 0 fully saturated rings. The van der Waals surface area contributed by atoms with Crippen LogP contribution in [0.25, 0.3) is 0 Å². The highest BCUT2D eigenvalue weighted by Crippen LogP contribution is 1.95. The Morgan fingerprint density at radius 1 is 1.39 bits per heavy atom. The van der Waals surface area contributed by atoms with E-state index in [9.17, 15) is 13.2 Å². The number of hydrogen-bond acceptors (Lipinski definition) is 6. The number of nitrogens with one attached hydrogen (secondary N) is 2. The van der Waals surface area contributed by atoms with Crippen molar-refractivity contribution in [1.29, 1.82) is 0 Å². The first kappa shape index (κ1) is 17.1. The smallest absolute Gasteiger partial charge is 0.422 e. The van der Waals surface area contributed by atoms with Crippen molar-refractivity contribution < 1.29 is 22.7 Å². The van der Waals surface area contributed by atoms with Gasteiger partial charge < -0.3 is 15.2 Å². The average Bonchev–Trinajstić information content (AvgIpc) is 2.21. The molecule has 0 saturated heterocycles. The first-order valence-electron chi connectivity index (χ1n) is 5.50. The van der Waals surface area contributed by atoms with E-state index in [4.69, 9.17) is 10.5 Å². The monoisotopic (exact) mass is 283 g/mol. The number of hydrogen-bond donors (Lipinski definition) is 3. The van der Waals surface area contributed by atoms with Gasteiger partial charge >= 0.3 is 16.3 Å². The van der Waals surface area contributed by atoms with Gasteiger partial charge in [-0.1, -0.05) is 0 Å². The van der Waals surface area contributed by atoms with Crippen molar-refractivity contribution in [1.82, 2.24) is 9.44 Å². The van der Waals surface area contributed by atoms with Crippen molar-refractivity contribution in [2.75, 3.05) is 20.3 Å². The Hall–Kier alpha value is -0.900. The standard InChI is InChI=1S/C9H21N3O5S/c1-7(2)17-9(13)12-18(14,15)11-8(6-10)4-5-16-3/h7-8,11H,4-6,10H2,1-3H3,(H,12,13). The highest BCUT2D eigenvalue weighted by Gasteiger charge is 2.20. The lowest BCUT2D eigenvalue weighted by atomic mass is 10.2. The van der Waals surface area contributed by atoms with Crippen LogP contribution in [0, 0.1) is 0 Å². The molecule has 0 spiro atoms. The largest absolute Gasteiger partial charge is 0.446 e. The number of rotatable bonds is 8. The molecule has 0 aliphatic carbocycles. The van der Waals surface area contributed by atoms with Crippen LogP contribution in [0.3, 0.4) is 0 Å². The first-order valence-corrected chi connectivity index (χ1v) is 6.98. The van der Waals surface area contributed by atoms with Crippen LogP contribution in [-0.2, 0) is 19.7 Å². The summed E-state index contributed by atoms with van der Waals surface area (Å²) in [5.74, 6) is 0. The maximum Gasteiger partial charge on any atom is 0.422 e. The minimum Gasteiger partial charge on any atom is -0.446 e. The topological polar surface area (TPSA) is 120 Å². The van der Waals surface area contributed by atoms with Gasteiger partial charge in [0, 0.05) is 26.3 Å². The Labute approximate surface area is 107 Å². The van der Waals surface area contributed by atoms with Crippen molar-refractivity contribution in [3.63, 3.8) is 0 Å². The van der Waals surface area contributed by atoms with E-state index in [1.165, 1.54) is 7.11 Å². The molecule has 0 aliphatic heterocycles. The molecular weight excluding hydrogens is 262 g/mol. The molecule has 0 rings (SSSR count). The van der Waals surface area contributed by atoms with Crippen LogP contribution in [0.5, 0.6) is 0 Å². The molecule has 0 saturated carbocycles. The van der Waals surface area contributed by atoms with E-state index in [1.54, 1.807) is 18.6 Å². The van der Waals surface area contributed by atoms with Crippen molar-refractivity contribution >= 4 is 16.3 Å². The lowest BCUT2D eigenvalue weighted by molar-refractivity contribution is 0.121. The number of methoxy groups -OCH3 is 1. The molecule has 0 aliphatic rings. The van der Waals surface area contributed by atoms with Gasteiger partial charge in [-0.3, -0.25) is 0 Å². The maximum absolute atomic E-state index is 11.5. The summed E-state index contributed by atoms with van der Waals surface area (Å²) in [6.45, 7) is 3.69. The van der Waals surface area contributed by atoms with Crippen molar-refractivity contribution in [2.45, 2.75) is 32.4 Å². The number of carbonyl (C=O) groups is 1. The highest BCUT2D eigenvalue weighted by atomic mass is 32.2. The second kappa shape index (κ2) is 8.25. The summed E-state index contributed by atoms with van der Waals surface area (Å²) < 4.78 is 36.5. The molecule has 0 heterocycles. The molecule has 0 aromatic carbocycles. The predicted octanol–water partition coefficient (Wildman–Crippen LogP) is -0.681. The SMILES string of the molecule is COCCC(CN)NS(=O)(=O)NC(=O)OC(C)C. The van der Waals surface area contributed by atoms with E-state index < -0.39 is 28.4 Å². The molecule has 1 atom stereocenters. The minimum atomic E-state index is -3.98. The van der Waals surface area contributed by atoms with Gasteiger partial charge in [0.1, 0.15) is 0 Å². The van der Waals surface area contributed by atoms with Gasteiger partial charge in [-0.15, -0.1) is 0 Å². The Morgan fingerprint density at radius 2 is 2.00 bits per heavy atom. The van der Waals surface area contributed by atoms with Gasteiger partial charge in [-0.25, -0.2) is 9.52 Å². The van der Waals surface area contributed by atoms with E-state index in [2.05, 4.69) is 9.46 Å². The van der Waals surface area contributed by atoms with E-state index in [1.807, 2.05) is 0 Å². The van der Waals surface area contributed by atoms with E-state index >= 15 is 0 Å². The van der Waals surface area contributed by atoms with Crippen molar-refractivity contribution in [3.05, 3.63) is 0 Å². The summed E-state index contributed by atoms with van der Waals surface area (Å²) in [6.07, 6.45) is -1.02. The van der Waals surface area contributed by atoms with Gasteiger partial charge in [-0.05, 0) is 20.3 Å². The van der Waals surface area contributed by atoms with Crippen LogP contribution in [0.1, 0.15) is 20.3 Å². The van der Waals surface area contributed by atoms with Crippen molar-refractivity contribution in [2.24, 2.45) is 5.73 Å². The van der Waals surface area contributed by atoms with Gasteiger partial charge in [0.25, 0.3) is 0 Å². The Balaban J connectivity index is 4.31. The summed E-state index contributed by atoms with van der Waals surface area (Å²) in [5, 5.41) is 0. The fourth-order valence-corrected chi connectivity index (χ4v) is 2.06. The fraction of sp³-hybridized carbons (Fsp3) is 0.889. The Bertz CT molecular complexity index is 344. The first-order chi connectivity index (χ1) is 8.30. The third-order valence-corrected chi connectivity index (χ3v) is 2.92. The highest BCUT2D eigenvalue weighted by molar-refractivity contribution is 7.88. The fourth-order valence-electron chi connectivity index (χ4n) is 1.08. The Morgan fingerprint density at radius 3 is 2.44 bits per heavy atom.